The topological polar surface area (TPSA) is 98.2 Å². The van der Waals surface area contributed by atoms with Crippen LogP contribution in [0, 0.1) is 0 Å². The Balaban J connectivity index is 0.978. The molecule has 2 N–H and O–H groups in total. The summed E-state index contributed by atoms with van der Waals surface area (Å²) in [6, 6.07) is 75.7. The number of para-hydroxylation sites is 4. The largest absolute Gasteiger partial charge is 0.506 e. The van der Waals surface area contributed by atoms with Gasteiger partial charge in [0.25, 0.3) is 0 Å². The van der Waals surface area contributed by atoms with Crippen LogP contribution in [0.25, 0.3) is 17.1 Å². The molecule has 0 aliphatic carbocycles. The highest BCUT2D eigenvalue weighted by Crippen LogP contribution is 2.42. The van der Waals surface area contributed by atoms with Gasteiger partial charge in [0, 0.05) is 67.3 Å². The number of hydrogen-bond acceptors (Lipinski definition) is 10. The Morgan fingerprint density at radius 2 is 0.707 bits per heavy atom. The lowest BCUT2D eigenvalue weighted by Crippen LogP contribution is -2.07. The van der Waals surface area contributed by atoms with Crippen LogP contribution < -0.4 is 9.80 Å². The van der Waals surface area contributed by atoms with Crippen molar-refractivity contribution in [2.75, 3.05) is 9.80 Å². The second-order valence-electron chi connectivity index (χ2n) is 17.5. The van der Waals surface area contributed by atoms with Gasteiger partial charge in [-0.05, 0) is 133 Å². The third kappa shape index (κ3) is 11.5. The summed E-state index contributed by atoms with van der Waals surface area (Å²) >= 11 is 4.21. The molecule has 10 aromatic rings. The van der Waals surface area contributed by atoms with E-state index in [4.69, 9.17) is 0 Å². The van der Waals surface area contributed by atoms with Crippen LogP contribution in [0.2, 0.25) is 0 Å². The molecule has 7 nitrogen and oxygen atoms in total. The number of thiophene rings is 3. The first-order valence-corrected chi connectivity index (χ1v) is 26.6. The van der Waals surface area contributed by atoms with Crippen molar-refractivity contribution in [3.63, 3.8) is 0 Å². The van der Waals surface area contributed by atoms with Gasteiger partial charge >= 0.3 is 0 Å². The summed E-state index contributed by atoms with van der Waals surface area (Å²) < 4.78 is 0. The summed E-state index contributed by atoms with van der Waals surface area (Å²) in [6.45, 7) is 1.87. The van der Waals surface area contributed by atoms with Gasteiger partial charge < -0.3 is 20.0 Å². The molecule has 0 atom stereocenters. The number of ketones is 3. The number of allylic oxidation sites excluding steroid dienone is 4. The van der Waals surface area contributed by atoms with E-state index in [0.717, 1.165) is 65.8 Å². The third-order valence-corrected chi connectivity index (χ3v) is 15.9. The number of carbonyl (C=O) groups excluding carboxylic acids is 3. The molecular weight excluding hydrogens is 985 g/mol. The average molecular weight is 1030 g/mol. The molecule has 0 aliphatic heterocycles. The Morgan fingerprint density at radius 3 is 1.07 bits per heavy atom. The number of rotatable bonds is 18. The Labute approximate surface area is 447 Å². The van der Waals surface area contributed by atoms with E-state index in [0.29, 0.717) is 15.3 Å². The molecule has 0 radical (unpaired) electrons. The summed E-state index contributed by atoms with van der Waals surface area (Å²) in [5, 5.41) is 24.7. The molecule has 7 aromatic carbocycles. The van der Waals surface area contributed by atoms with Crippen LogP contribution >= 0.6 is 34.0 Å². The van der Waals surface area contributed by atoms with Crippen molar-refractivity contribution in [3.8, 4) is 0 Å². The van der Waals surface area contributed by atoms with Gasteiger partial charge in [-0.1, -0.05) is 133 Å². The van der Waals surface area contributed by atoms with E-state index in [-0.39, 0.29) is 34.1 Å². The van der Waals surface area contributed by atoms with Crippen molar-refractivity contribution in [1.29, 1.82) is 0 Å². The number of benzene rings is 7. The third-order valence-electron chi connectivity index (χ3n) is 12.4. The summed E-state index contributed by atoms with van der Waals surface area (Å²) in [6.07, 6.45) is 3.74. The predicted molar refractivity (Wildman–Crippen MR) is 310 cm³/mol. The fraction of sp³-hybridized carbons (Fsp3) is 0.0308. The summed E-state index contributed by atoms with van der Waals surface area (Å²) in [4.78, 5) is 50.0. The van der Waals surface area contributed by atoms with Crippen molar-refractivity contribution < 1.29 is 24.6 Å². The van der Waals surface area contributed by atoms with Crippen LogP contribution in [0.3, 0.4) is 0 Å². The quantitative estimate of drug-likeness (QED) is 0.0502. The van der Waals surface area contributed by atoms with E-state index < -0.39 is 17.3 Å². The Morgan fingerprint density at radius 1 is 0.387 bits per heavy atom. The van der Waals surface area contributed by atoms with Gasteiger partial charge in [0.2, 0.25) is 0 Å². The maximum atomic E-state index is 14.4. The lowest BCUT2D eigenvalue weighted by atomic mass is 9.90. The number of aliphatic hydroxyl groups is 2. The highest BCUT2D eigenvalue weighted by atomic mass is 32.1. The number of hydrogen-bond donors (Lipinski definition) is 2. The summed E-state index contributed by atoms with van der Waals surface area (Å²) in [5.74, 6) is -2.24. The van der Waals surface area contributed by atoms with E-state index in [1.165, 1.54) is 46.9 Å². The van der Waals surface area contributed by atoms with Gasteiger partial charge in [-0.2, -0.15) is 0 Å². The smallest absolute Gasteiger partial charge is 0.189 e. The molecule has 0 bridgehead atoms. The van der Waals surface area contributed by atoms with Gasteiger partial charge in [0.15, 0.2) is 17.3 Å². The van der Waals surface area contributed by atoms with Crippen molar-refractivity contribution in [2.45, 2.75) is 12.8 Å². The van der Waals surface area contributed by atoms with E-state index >= 15 is 0 Å². The van der Waals surface area contributed by atoms with Gasteiger partial charge in [0.05, 0.1) is 9.75 Å². The fourth-order valence-electron chi connectivity index (χ4n) is 8.78. The van der Waals surface area contributed by atoms with Crippen LogP contribution in [-0.4, -0.2) is 27.6 Å². The number of nitrogens with zero attached hydrogens (tertiary/aromatic N) is 2. The lowest BCUT2D eigenvalue weighted by Gasteiger charge is -2.23. The van der Waals surface area contributed by atoms with E-state index in [1.54, 1.807) is 23.5 Å². The molecule has 3 aromatic heterocycles. The van der Waals surface area contributed by atoms with Crippen LogP contribution in [0.15, 0.2) is 255 Å². The maximum Gasteiger partial charge on any atom is 0.189 e. The van der Waals surface area contributed by atoms with E-state index in [2.05, 4.69) is 40.1 Å². The highest BCUT2D eigenvalue weighted by molar-refractivity contribution is 7.17. The molecule has 366 valence electrons. The van der Waals surface area contributed by atoms with Crippen molar-refractivity contribution >= 4 is 101 Å². The summed E-state index contributed by atoms with van der Waals surface area (Å²) in [7, 11) is 0. The van der Waals surface area contributed by atoms with E-state index in [9.17, 15) is 24.6 Å². The van der Waals surface area contributed by atoms with Gasteiger partial charge in [-0.15, -0.1) is 34.0 Å². The van der Waals surface area contributed by atoms with Gasteiger partial charge in [-0.3, -0.25) is 14.4 Å². The molecular formula is C65H48N2O5S3. The SMILES string of the molecule is C/C(=C\C(=O)c1cc(C(=O)/C=C(\O)c2ccc(N(c3ccccc3)c3ccccc3)s2)cc(C(=O)/C=C(\O)c2ccc(N(c3ccccc3)c3ccccc3)s2)c1)c1ccc(C(c2ccccc2)c2ccccc2)s1. The Bertz CT molecular complexity index is 3180. The van der Waals surface area contributed by atoms with Crippen molar-refractivity contribution in [3.05, 3.63) is 302 Å². The zero-order valence-corrected chi connectivity index (χ0v) is 43.0. The number of aliphatic hydroxyl groups excluding tert-OH is 2. The molecule has 0 saturated heterocycles. The first kappa shape index (κ1) is 49.6. The Hall–Kier alpha value is -8.93. The lowest BCUT2D eigenvalue weighted by molar-refractivity contribution is 0.104. The van der Waals surface area contributed by atoms with Crippen LogP contribution in [0.1, 0.15) is 74.6 Å². The zero-order chi connectivity index (χ0) is 51.7. The molecule has 3 heterocycles. The normalized spacial score (nSPS) is 11.9. The molecule has 10 heteroatoms. The van der Waals surface area contributed by atoms with E-state index in [1.807, 2.05) is 183 Å². The minimum atomic E-state index is -0.622. The molecule has 75 heavy (non-hydrogen) atoms. The van der Waals surface area contributed by atoms with Crippen LogP contribution in [-0.2, 0) is 0 Å². The highest BCUT2D eigenvalue weighted by Gasteiger charge is 2.22. The molecule has 10 rings (SSSR count). The Kier molecular flexibility index (Phi) is 15.1. The minimum absolute atomic E-state index is 0.00779. The number of anilines is 6. The standard InChI is InChI=1S/C65H48N2O5S3/c1-44(59-32-33-62(73-59)65(45-20-8-2-9-21-45)46-22-10-3-11-23-46)38-54(68)47-39-48(55(69)42-57(71)60-34-36-63(74-60)66(50-24-12-4-13-25-50)51-26-14-5-15-27-51)41-49(40-47)56(70)43-58(72)61-35-37-64(75-61)67(52-28-16-6-17-29-52)53-30-18-7-19-31-53/h2-43,65,71-72H,1H3/b44-38+,57-42-,58-43-. The maximum absolute atomic E-state index is 14.4. The predicted octanol–water partition coefficient (Wildman–Crippen LogP) is 17.8. The zero-order valence-electron chi connectivity index (χ0n) is 40.6. The number of carbonyl (C=O) groups is 3. The molecule has 0 unspecified atom stereocenters. The fourth-order valence-corrected chi connectivity index (χ4v) is 11.8. The molecule has 0 spiro atoms. The van der Waals surface area contributed by atoms with Crippen LogP contribution in [0.4, 0.5) is 32.8 Å². The first-order chi connectivity index (χ1) is 36.7. The van der Waals surface area contributed by atoms with Gasteiger partial charge in [0.1, 0.15) is 21.5 Å². The molecule has 0 saturated carbocycles. The van der Waals surface area contributed by atoms with Crippen molar-refractivity contribution in [2.24, 2.45) is 0 Å². The second-order valence-corrected chi connectivity index (χ2v) is 20.8. The van der Waals surface area contributed by atoms with Gasteiger partial charge in [-0.25, -0.2) is 0 Å². The molecule has 0 amide bonds. The monoisotopic (exact) mass is 1030 g/mol. The minimum Gasteiger partial charge on any atom is -0.506 e. The summed E-state index contributed by atoms with van der Waals surface area (Å²) in [5.41, 5.74) is 6.79. The average Bonchev–Trinajstić information content (AvgIpc) is 4.27. The molecule has 0 aliphatic rings. The second kappa shape index (κ2) is 22.9. The van der Waals surface area contributed by atoms with Crippen molar-refractivity contribution in [1.82, 2.24) is 0 Å². The molecule has 0 fully saturated rings. The first-order valence-electron chi connectivity index (χ1n) is 24.2. The van der Waals surface area contributed by atoms with Crippen LogP contribution in [0.5, 0.6) is 0 Å².